The van der Waals surface area contributed by atoms with Crippen LogP contribution < -0.4 is 14.8 Å². The van der Waals surface area contributed by atoms with E-state index in [1.54, 1.807) is 61.5 Å². The van der Waals surface area contributed by atoms with Crippen molar-refractivity contribution in [3.8, 4) is 11.5 Å². The molecule has 0 aromatic heterocycles. The molecule has 2 aromatic rings. The largest absolute Gasteiger partial charge is 0.497 e. The van der Waals surface area contributed by atoms with E-state index in [-0.39, 0.29) is 24.9 Å². The van der Waals surface area contributed by atoms with E-state index in [0.717, 1.165) is 0 Å². The van der Waals surface area contributed by atoms with Gasteiger partial charge in [0.05, 0.1) is 13.8 Å². The number of likely N-dealkylation sites (N-methyl/N-ethyl adjacent to an activating group) is 1. The number of rotatable bonds is 9. The fraction of sp³-hybridized carbons (Fsp3) is 0.364. The van der Waals surface area contributed by atoms with Gasteiger partial charge < -0.3 is 14.8 Å². The van der Waals surface area contributed by atoms with E-state index in [0.29, 0.717) is 24.3 Å². The summed E-state index contributed by atoms with van der Waals surface area (Å²) in [5.41, 5.74) is -0.398. The summed E-state index contributed by atoms with van der Waals surface area (Å²) >= 11 is 0. The van der Waals surface area contributed by atoms with Crippen molar-refractivity contribution in [2.45, 2.75) is 18.9 Å². The Morgan fingerprint density at radius 1 is 1.13 bits per heavy atom. The summed E-state index contributed by atoms with van der Waals surface area (Å²) < 4.78 is 24.2. The quantitative estimate of drug-likeness (QED) is 0.638. The number of amides is 3. The van der Waals surface area contributed by atoms with Crippen LogP contribution in [0.4, 0.5) is 9.18 Å². The third-order valence-electron chi connectivity index (χ3n) is 5.24. The zero-order valence-corrected chi connectivity index (χ0v) is 17.4. The number of hydrogen-bond acceptors (Lipinski definition) is 5. The standard InChI is InChI=1S/C22H26FN3O4/c1-4-22(16-9-11-17(29-3)12-10-16)20(27)26(21(28)24-22)15-25(2)13-14-30-19-8-6-5-7-18(19)23/h5-12H,4,13-15H2,1-3H3,(H,24,28)/t22-/m0/s1. The molecule has 1 aliphatic rings. The summed E-state index contributed by atoms with van der Waals surface area (Å²) in [5.74, 6) is 0.113. The molecule has 7 nitrogen and oxygen atoms in total. The number of benzene rings is 2. The smallest absolute Gasteiger partial charge is 0.326 e. The molecule has 1 atom stereocenters. The number of carbonyl (C=O) groups excluding carboxylic acids is 2. The van der Waals surface area contributed by atoms with Crippen molar-refractivity contribution < 1.29 is 23.5 Å². The molecule has 3 rings (SSSR count). The molecule has 1 heterocycles. The number of hydrogen-bond donors (Lipinski definition) is 1. The first-order valence-electron chi connectivity index (χ1n) is 9.75. The first kappa shape index (κ1) is 21.6. The normalized spacial score (nSPS) is 18.6. The van der Waals surface area contributed by atoms with Gasteiger partial charge in [-0.25, -0.2) is 14.1 Å². The summed E-state index contributed by atoms with van der Waals surface area (Å²) in [6.07, 6.45) is 0.417. The third kappa shape index (κ3) is 4.23. The summed E-state index contributed by atoms with van der Waals surface area (Å²) in [4.78, 5) is 28.8. The highest BCUT2D eigenvalue weighted by molar-refractivity contribution is 6.07. The second-order valence-corrected chi connectivity index (χ2v) is 7.15. The minimum Gasteiger partial charge on any atom is -0.497 e. The Labute approximate surface area is 175 Å². The van der Waals surface area contributed by atoms with Crippen LogP contribution in [0.2, 0.25) is 0 Å². The van der Waals surface area contributed by atoms with Gasteiger partial charge in [0.1, 0.15) is 17.9 Å². The van der Waals surface area contributed by atoms with E-state index in [1.807, 2.05) is 6.92 Å². The van der Waals surface area contributed by atoms with Gasteiger partial charge >= 0.3 is 6.03 Å². The molecule has 1 N–H and O–H groups in total. The second-order valence-electron chi connectivity index (χ2n) is 7.15. The van der Waals surface area contributed by atoms with Crippen molar-refractivity contribution in [2.75, 3.05) is 34.0 Å². The molecule has 30 heavy (non-hydrogen) atoms. The van der Waals surface area contributed by atoms with Crippen LogP contribution in [0.15, 0.2) is 48.5 Å². The predicted molar refractivity (Wildman–Crippen MR) is 110 cm³/mol. The lowest BCUT2D eigenvalue weighted by molar-refractivity contribution is -0.133. The van der Waals surface area contributed by atoms with E-state index in [2.05, 4.69) is 5.32 Å². The van der Waals surface area contributed by atoms with Crippen molar-refractivity contribution in [2.24, 2.45) is 0 Å². The fourth-order valence-corrected chi connectivity index (χ4v) is 3.45. The molecule has 0 bridgehead atoms. The summed E-state index contributed by atoms with van der Waals surface area (Å²) in [7, 11) is 3.34. The van der Waals surface area contributed by atoms with Crippen LogP contribution >= 0.6 is 0 Å². The minimum atomic E-state index is -1.10. The van der Waals surface area contributed by atoms with Gasteiger partial charge in [0, 0.05) is 6.54 Å². The maximum absolute atomic E-state index is 13.6. The van der Waals surface area contributed by atoms with Gasteiger partial charge in [0.25, 0.3) is 5.91 Å². The molecular weight excluding hydrogens is 389 g/mol. The molecule has 8 heteroatoms. The predicted octanol–water partition coefficient (Wildman–Crippen LogP) is 2.96. The van der Waals surface area contributed by atoms with Gasteiger partial charge in [-0.3, -0.25) is 9.69 Å². The van der Waals surface area contributed by atoms with Crippen LogP contribution in [-0.4, -0.2) is 55.7 Å². The average molecular weight is 415 g/mol. The van der Waals surface area contributed by atoms with E-state index in [1.165, 1.54) is 11.0 Å². The number of nitrogens with one attached hydrogen (secondary N) is 1. The number of nitrogens with zero attached hydrogens (tertiary/aromatic N) is 2. The highest BCUT2D eigenvalue weighted by atomic mass is 19.1. The fourth-order valence-electron chi connectivity index (χ4n) is 3.45. The van der Waals surface area contributed by atoms with E-state index < -0.39 is 17.4 Å². The molecule has 0 saturated carbocycles. The van der Waals surface area contributed by atoms with Crippen molar-refractivity contribution >= 4 is 11.9 Å². The molecule has 1 aliphatic heterocycles. The Morgan fingerprint density at radius 3 is 2.47 bits per heavy atom. The highest BCUT2D eigenvalue weighted by Crippen LogP contribution is 2.33. The van der Waals surface area contributed by atoms with Gasteiger partial charge in [-0.2, -0.15) is 0 Å². The Balaban J connectivity index is 1.64. The van der Waals surface area contributed by atoms with Gasteiger partial charge in [0.2, 0.25) is 0 Å². The molecule has 1 fully saturated rings. The first-order valence-corrected chi connectivity index (χ1v) is 9.75. The SMILES string of the molecule is CC[C@@]1(c2ccc(OC)cc2)NC(=O)N(CN(C)CCOc2ccccc2F)C1=O. The number of ether oxygens (including phenoxy) is 2. The number of carbonyl (C=O) groups is 2. The van der Waals surface area contributed by atoms with Crippen LogP contribution in [0.25, 0.3) is 0 Å². The molecule has 2 aromatic carbocycles. The first-order chi connectivity index (χ1) is 14.4. The van der Waals surface area contributed by atoms with Crippen LogP contribution in [-0.2, 0) is 10.3 Å². The molecule has 0 aliphatic carbocycles. The lowest BCUT2D eigenvalue weighted by Crippen LogP contribution is -2.45. The monoisotopic (exact) mass is 415 g/mol. The van der Waals surface area contributed by atoms with Crippen molar-refractivity contribution in [3.63, 3.8) is 0 Å². The summed E-state index contributed by atoms with van der Waals surface area (Å²) in [6.45, 7) is 2.59. The van der Waals surface area contributed by atoms with Crippen molar-refractivity contribution in [1.82, 2.24) is 15.1 Å². The molecular formula is C22H26FN3O4. The molecule has 160 valence electrons. The second kappa shape index (κ2) is 9.13. The summed E-state index contributed by atoms with van der Waals surface area (Å²) in [6, 6.07) is 12.8. The maximum Gasteiger partial charge on any atom is 0.326 e. The van der Waals surface area contributed by atoms with Crippen LogP contribution in [0.3, 0.4) is 0 Å². The number of methoxy groups -OCH3 is 1. The third-order valence-corrected chi connectivity index (χ3v) is 5.24. The average Bonchev–Trinajstić information content (AvgIpc) is 3.00. The molecule has 0 radical (unpaired) electrons. The lowest BCUT2D eigenvalue weighted by atomic mass is 9.87. The number of halogens is 1. The van der Waals surface area contributed by atoms with Crippen molar-refractivity contribution in [1.29, 1.82) is 0 Å². The zero-order valence-electron chi connectivity index (χ0n) is 17.4. The summed E-state index contributed by atoms with van der Waals surface area (Å²) in [5, 5.41) is 2.85. The molecule has 1 saturated heterocycles. The van der Waals surface area contributed by atoms with Crippen LogP contribution in [0, 0.1) is 5.82 Å². The number of imide groups is 1. The minimum absolute atomic E-state index is 0.100. The molecule has 3 amide bonds. The van der Waals surface area contributed by atoms with E-state index >= 15 is 0 Å². The van der Waals surface area contributed by atoms with Gasteiger partial charge in [-0.15, -0.1) is 0 Å². The molecule has 0 unspecified atom stereocenters. The van der Waals surface area contributed by atoms with Gasteiger partial charge in [-0.1, -0.05) is 31.2 Å². The Hall–Kier alpha value is -3.13. The molecule has 0 spiro atoms. The Kier molecular flexibility index (Phi) is 6.56. The highest BCUT2D eigenvalue weighted by Gasteiger charge is 2.51. The number of para-hydroxylation sites is 1. The Bertz CT molecular complexity index is 906. The lowest BCUT2D eigenvalue weighted by Gasteiger charge is -2.27. The van der Waals surface area contributed by atoms with Gasteiger partial charge in [0.15, 0.2) is 11.6 Å². The van der Waals surface area contributed by atoms with Crippen LogP contribution in [0.5, 0.6) is 11.5 Å². The van der Waals surface area contributed by atoms with E-state index in [4.69, 9.17) is 9.47 Å². The van der Waals surface area contributed by atoms with Crippen LogP contribution in [0.1, 0.15) is 18.9 Å². The Morgan fingerprint density at radius 2 is 1.83 bits per heavy atom. The zero-order chi connectivity index (χ0) is 21.7. The number of urea groups is 1. The maximum atomic E-state index is 13.6. The van der Waals surface area contributed by atoms with Gasteiger partial charge in [-0.05, 0) is 43.3 Å². The van der Waals surface area contributed by atoms with Crippen molar-refractivity contribution in [3.05, 3.63) is 59.9 Å². The van der Waals surface area contributed by atoms with E-state index in [9.17, 15) is 14.0 Å². The topological polar surface area (TPSA) is 71.1 Å².